The lowest BCUT2D eigenvalue weighted by Gasteiger charge is -2.19. The van der Waals surface area contributed by atoms with Gasteiger partial charge in [-0.05, 0) is 48.9 Å². The number of amides is 1. The molecule has 2 rings (SSSR count). The molecule has 26 heavy (non-hydrogen) atoms. The summed E-state index contributed by atoms with van der Waals surface area (Å²) >= 11 is 0. The van der Waals surface area contributed by atoms with E-state index in [1.165, 1.54) is 6.07 Å². The lowest BCUT2D eigenvalue weighted by molar-refractivity contribution is 0.102. The van der Waals surface area contributed by atoms with Gasteiger partial charge >= 0.3 is 0 Å². The number of halogens is 1. The van der Waals surface area contributed by atoms with E-state index in [1.807, 2.05) is 19.2 Å². The molecule has 0 saturated carbocycles. The van der Waals surface area contributed by atoms with Crippen molar-refractivity contribution in [3.63, 3.8) is 0 Å². The summed E-state index contributed by atoms with van der Waals surface area (Å²) in [7, 11) is -1.51. The third-order valence-electron chi connectivity index (χ3n) is 4.03. The summed E-state index contributed by atoms with van der Waals surface area (Å²) in [6.07, 6.45) is 3.21. The van der Waals surface area contributed by atoms with Crippen molar-refractivity contribution in [1.29, 1.82) is 0 Å². The predicted molar refractivity (Wildman–Crippen MR) is 102 cm³/mol. The van der Waals surface area contributed by atoms with E-state index in [0.717, 1.165) is 43.5 Å². The predicted octanol–water partition coefficient (Wildman–Crippen LogP) is 3.72. The number of nitrogens with one attached hydrogen (secondary N) is 1. The normalized spacial score (nSPS) is 11.2. The number of nitrogens with zero attached hydrogens (tertiary/aromatic N) is 1. The molecule has 1 amide bonds. The monoisotopic (exact) mass is 378 g/mol. The molecule has 0 aliphatic rings. The summed E-state index contributed by atoms with van der Waals surface area (Å²) in [5.74, 6) is -1.20. The van der Waals surface area contributed by atoms with Crippen LogP contribution >= 0.6 is 0 Å². The number of carbonyl (C=O) groups is 1. The van der Waals surface area contributed by atoms with Crippen LogP contribution in [0, 0.1) is 5.82 Å². The van der Waals surface area contributed by atoms with Crippen LogP contribution in [-0.4, -0.2) is 34.2 Å². The van der Waals surface area contributed by atoms with Gasteiger partial charge in [0.05, 0.1) is 10.6 Å². The average Bonchev–Trinajstić information content (AvgIpc) is 2.60. The SMILES string of the molecule is CCCCN(C)c1ccc(C(=O)Nc2cc(S(C)(=O)=O)ccc2F)cc1. The fourth-order valence-corrected chi connectivity index (χ4v) is 3.06. The number of hydrogen-bond donors (Lipinski definition) is 1. The molecule has 0 aliphatic heterocycles. The Morgan fingerprint density at radius 1 is 1.15 bits per heavy atom. The largest absolute Gasteiger partial charge is 0.375 e. The Morgan fingerprint density at radius 3 is 2.38 bits per heavy atom. The van der Waals surface area contributed by atoms with Crippen LogP contribution in [0.1, 0.15) is 30.1 Å². The van der Waals surface area contributed by atoms with Crippen LogP contribution in [0.25, 0.3) is 0 Å². The van der Waals surface area contributed by atoms with E-state index >= 15 is 0 Å². The molecule has 1 N–H and O–H groups in total. The lowest BCUT2D eigenvalue weighted by atomic mass is 10.1. The van der Waals surface area contributed by atoms with E-state index in [9.17, 15) is 17.6 Å². The van der Waals surface area contributed by atoms with Gasteiger partial charge in [0.15, 0.2) is 9.84 Å². The molecule has 2 aromatic rings. The standard InChI is InChI=1S/C19H23FN2O3S/c1-4-5-12-22(2)15-8-6-14(7-9-15)19(23)21-18-13-16(26(3,24)25)10-11-17(18)20/h6-11,13H,4-5,12H2,1-3H3,(H,21,23). The zero-order valence-corrected chi connectivity index (χ0v) is 15.9. The van der Waals surface area contributed by atoms with Crippen molar-refractivity contribution in [2.24, 2.45) is 0 Å². The maximum Gasteiger partial charge on any atom is 0.255 e. The molecular formula is C19H23FN2O3S. The Balaban J connectivity index is 2.15. The topological polar surface area (TPSA) is 66.5 Å². The van der Waals surface area contributed by atoms with E-state index in [1.54, 1.807) is 12.1 Å². The summed E-state index contributed by atoms with van der Waals surface area (Å²) < 4.78 is 37.1. The number of unbranched alkanes of at least 4 members (excludes halogenated alkanes) is 1. The maximum absolute atomic E-state index is 13.9. The van der Waals surface area contributed by atoms with E-state index < -0.39 is 21.6 Å². The Bertz CT molecular complexity index is 880. The lowest BCUT2D eigenvalue weighted by Crippen LogP contribution is -2.18. The van der Waals surface area contributed by atoms with Gasteiger partial charge in [0, 0.05) is 31.1 Å². The van der Waals surface area contributed by atoms with E-state index in [-0.39, 0.29) is 10.6 Å². The van der Waals surface area contributed by atoms with Gasteiger partial charge in [0.25, 0.3) is 5.91 Å². The highest BCUT2D eigenvalue weighted by Crippen LogP contribution is 2.21. The van der Waals surface area contributed by atoms with Gasteiger partial charge in [-0.1, -0.05) is 13.3 Å². The van der Waals surface area contributed by atoms with Crippen molar-refractivity contribution in [2.75, 3.05) is 30.1 Å². The Hall–Kier alpha value is -2.41. The summed E-state index contributed by atoms with van der Waals surface area (Å²) in [6, 6.07) is 10.3. The first-order valence-corrected chi connectivity index (χ1v) is 10.2. The molecule has 0 unspecified atom stereocenters. The van der Waals surface area contributed by atoms with Crippen LogP contribution in [0.3, 0.4) is 0 Å². The van der Waals surface area contributed by atoms with Crippen LogP contribution in [-0.2, 0) is 9.84 Å². The molecule has 0 aromatic heterocycles. The number of sulfone groups is 1. The number of rotatable bonds is 7. The Kier molecular flexibility index (Phi) is 6.37. The number of hydrogen-bond acceptors (Lipinski definition) is 4. The molecule has 7 heteroatoms. The summed E-state index contributed by atoms with van der Waals surface area (Å²) in [5.41, 5.74) is 1.18. The smallest absolute Gasteiger partial charge is 0.255 e. The van der Waals surface area contributed by atoms with Crippen molar-refractivity contribution >= 4 is 27.1 Å². The van der Waals surface area contributed by atoms with Gasteiger partial charge in [-0.25, -0.2) is 12.8 Å². The molecule has 0 heterocycles. The highest BCUT2D eigenvalue weighted by molar-refractivity contribution is 7.90. The van der Waals surface area contributed by atoms with Gasteiger partial charge in [0.2, 0.25) is 0 Å². The fourth-order valence-electron chi connectivity index (χ4n) is 2.42. The summed E-state index contributed by atoms with van der Waals surface area (Å²) in [5, 5.41) is 2.43. The third kappa shape index (κ3) is 5.05. The molecule has 0 saturated heterocycles. The van der Waals surface area contributed by atoms with Crippen LogP contribution < -0.4 is 10.2 Å². The van der Waals surface area contributed by atoms with Crippen molar-refractivity contribution in [3.05, 3.63) is 53.8 Å². The van der Waals surface area contributed by atoms with Crippen LogP contribution in [0.5, 0.6) is 0 Å². The minimum atomic E-state index is -3.49. The molecule has 0 atom stereocenters. The number of anilines is 2. The zero-order valence-electron chi connectivity index (χ0n) is 15.1. The van der Waals surface area contributed by atoms with Crippen molar-refractivity contribution in [1.82, 2.24) is 0 Å². The highest BCUT2D eigenvalue weighted by Gasteiger charge is 2.14. The molecule has 0 bridgehead atoms. The minimum absolute atomic E-state index is 0.0536. The minimum Gasteiger partial charge on any atom is -0.375 e. The second kappa shape index (κ2) is 8.31. The van der Waals surface area contributed by atoms with E-state index in [0.29, 0.717) is 5.56 Å². The molecular weight excluding hydrogens is 355 g/mol. The third-order valence-corrected chi connectivity index (χ3v) is 5.14. The van der Waals surface area contributed by atoms with Crippen molar-refractivity contribution in [2.45, 2.75) is 24.7 Å². The van der Waals surface area contributed by atoms with E-state index in [2.05, 4.69) is 17.1 Å². The molecule has 5 nitrogen and oxygen atoms in total. The van der Waals surface area contributed by atoms with E-state index in [4.69, 9.17) is 0 Å². The van der Waals surface area contributed by atoms with Gasteiger partial charge < -0.3 is 10.2 Å². The molecule has 0 aliphatic carbocycles. The van der Waals surface area contributed by atoms with Gasteiger partial charge in [0.1, 0.15) is 5.82 Å². The van der Waals surface area contributed by atoms with Crippen LogP contribution in [0.2, 0.25) is 0 Å². The molecule has 140 valence electrons. The maximum atomic E-state index is 13.9. The molecule has 0 spiro atoms. The first-order chi connectivity index (χ1) is 12.2. The zero-order chi connectivity index (χ0) is 19.3. The fraction of sp³-hybridized carbons (Fsp3) is 0.316. The highest BCUT2D eigenvalue weighted by atomic mass is 32.2. The molecule has 0 radical (unpaired) electrons. The second-order valence-electron chi connectivity index (χ2n) is 6.19. The van der Waals surface area contributed by atoms with Gasteiger partial charge in [-0.2, -0.15) is 0 Å². The van der Waals surface area contributed by atoms with Crippen LogP contribution in [0.15, 0.2) is 47.4 Å². The first-order valence-electron chi connectivity index (χ1n) is 8.34. The van der Waals surface area contributed by atoms with Gasteiger partial charge in [-0.15, -0.1) is 0 Å². The molecule has 2 aromatic carbocycles. The van der Waals surface area contributed by atoms with Crippen LogP contribution in [0.4, 0.5) is 15.8 Å². The number of carbonyl (C=O) groups excluding carboxylic acids is 1. The first kappa shape index (κ1) is 19.9. The van der Waals surface area contributed by atoms with Gasteiger partial charge in [-0.3, -0.25) is 4.79 Å². The quantitative estimate of drug-likeness (QED) is 0.746. The van der Waals surface area contributed by atoms with Crippen molar-refractivity contribution < 1.29 is 17.6 Å². The average molecular weight is 378 g/mol. The summed E-state index contributed by atoms with van der Waals surface area (Å²) in [4.78, 5) is 14.4. The second-order valence-corrected chi connectivity index (χ2v) is 8.21. The summed E-state index contributed by atoms with van der Waals surface area (Å²) in [6.45, 7) is 3.05. The Morgan fingerprint density at radius 2 is 1.81 bits per heavy atom. The van der Waals surface area contributed by atoms with Crippen molar-refractivity contribution in [3.8, 4) is 0 Å². The molecule has 0 fully saturated rings. The Labute approximate surface area is 153 Å². The number of benzene rings is 2.